The number of ether oxygens (including phenoxy) is 1. The van der Waals surface area contributed by atoms with Gasteiger partial charge in [0.2, 0.25) is 0 Å². The molecule has 0 amide bonds. The van der Waals surface area contributed by atoms with Crippen LogP contribution in [0.1, 0.15) is 25.6 Å². The maximum Gasteiger partial charge on any atom is 0.0911 e. The minimum atomic E-state index is 0.148. The summed E-state index contributed by atoms with van der Waals surface area (Å²) in [6, 6.07) is 4.79. The molecule has 2 rings (SSSR count). The molecule has 106 valence electrons. The second kappa shape index (κ2) is 6.79. The van der Waals surface area contributed by atoms with E-state index in [1.165, 1.54) is 0 Å². The lowest BCUT2D eigenvalue weighted by Gasteiger charge is -2.39. The molecule has 1 aromatic rings. The van der Waals surface area contributed by atoms with Gasteiger partial charge in [-0.2, -0.15) is 0 Å². The fraction of sp³-hybridized carbons (Fsp3) is 0.643. The third-order valence-corrected chi connectivity index (χ3v) is 3.85. The van der Waals surface area contributed by atoms with E-state index < -0.39 is 0 Å². The lowest BCUT2D eigenvalue weighted by Crippen LogP contribution is -2.48. The van der Waals surface area contributed by atoms with Gasteiger partial charge < -0.3 is 10.1 Å². The van der Waals surface area contributed by atoms with Crippen molar-refractivity contribution in [3.05, 3.63) is 28.5 Å². The number of likely N-dealkylation sites (N-methyl/N-ethyl adjacent to an activating group) is 1. The van der Waals surface area contributed by atoms with E-state index in [4.69, 9.17) is 4.74 Å². The lowest BCUT2D eigenvalue weighted by atomic mass is 10.0. The first-order valence-electron chi connectivity index (χ1n) is 6.74. The van der Waals surface area contributed by atoms with Crippen molar-refractivity contribution in [2.75, 3.05) is 26.7 Å². The molecule has 1 fully saturated rings. The molecule has 2 heterocycles. The summed E-state index contributed by atoms with van der Waals surface area (Å²) >= 11 is 3.43. The van der Waals surface area contributed by atoms with Crippen LogP contribution < -0.4 is 5.32 Å². The van der Waals surface area contributed by atoms with Gasteiger partial charge >= 0.3 is 0 Å². The van der Waals surface area contributed by atoms with Crippen molar-refractivity contribution in [2.24, 2.45) is 0 Å². The Hall–Kier alpha value is -0.490. The van der Waals surface area contributed by atoms with Gasteiger partial charge in [-0.25, -0.2) is 0 Å². The standard InChI is InChI=1S/C14H22BrN3O/c1-10(2)16-9-13-14(18(3)6-7-19-13)12-5-4-11(15)8-17-12/h4-5,8,10,13-14,16H,6-7,9H2,1-3H3. The van der Waals surface area contributed by atoms with E-state index >= 15 is 0 Å². The van der Waals surface area contributed by atoms with E-state index in [1.54, 1.807) is 0 Å². The number of nitrogens with zero attached hydrogens (tertiary/aromatic N) is 2. The van der Waals surface area contributed by atoms with Gasteiger partial charge in [-0.3, -0.25) is 9.88 Å². The highest BCUT2D eigenvalue weighted by Crippen LogP contribution is 2.27. The Morgan fingerprint density at radius 2 is 2.32 bits per heavy atom. The molecule has 0 aromatic carbocycles. The van der Waals surface area contributed by atoms with Crippen molar-refractivity contribution in [3.63, 3.8) is 0 Å². The average Bonchev–Trinajstić information content (AvgIpc) is 2.38. The molecule has 0 saturated carbocycles. The molecule has 19 heavy (non-hydrogen) atoms. The highest BCUT2D eigenvalue weighted by atomic mass is 79.9. The molecular weight excluding hydrogens is 306 g/mol. The maximum atomic E-state index is 5.94. The van der Waals surface area contributed by atoms with Gasteiger partial charge in [0.25, 0.3) is 0 Å². The predicted molar refractivity (Wildman–Crippen MR) is 80.2 cm³/mol. The first-order valence-corrected chi connectivity index (χ1v) is 7.54. The van der Waals surface area contributed by atoms with Gasteiger partial charge in [0.1, 0.15) is 0 Å². The fourth-order valence-corrected chi connectivity index (χ4v) is 2.60. The van der Waals surface area contributed by atoms with E-state index in [0.717, 1.165) is 29.9 Å². The largest absolute Gasteiger partial charge is 0.374 e. The van der Waals surface area contributed by atoms with Gasteiger partial charge in [-0.15, -0.1) is 0 Å². The molecule has 0 radical (unpaired) electrons. The van der Waals surface area contributed by atoms with Crippen LogP contribution in [-0.2, 0) is 4.74 Å². The zero-order valence-electron chi connectivity index (χ0n) is 11.8. The zero-order chi connectivity index (χ0) is 13.8. The smallest absolute Gasteiger partial charge is 0.0911 e. The quantitative estimate of drug-likeness (QED) is 0.920. The summed E-state index contributed by atoms with van der Waals surface area (Å²) < 4.78 is 6.95. The van der Waals surface area contributed by atoms with Crippen LogP contribution in [0.4, 0.5) is 0 Å². The van der Waals surface area contributed by atoms with Crippen LogP contribution in [0, 0.1) is 0 Å². The third-order valence-electron chi connectivity index (χ3n) is 3.38. The van der Waals surface area contributed by atoms with Gasteiger partial charge in [0.15, 0.2) is 0 Å². The molecule has 1 saturated heterocycles. The molecule has 4 nitrogen and oxygen atoms in total. The first-order chi connectivity index (χ1) is 9.08. The number of aromatic nitrogens is 1. The van der Waals surface area contributed by atoms with Gasteiger partial charge in [-0.05, 0) is 35.1 Å². The molecule has 1 aromatic heterocycles. The van der Waals surface area contributed by atoms with Crippen molar-refractivity contribution in [3.8, 4) is 0 Å². The molecule has 1 aliphatic rings. The van der Waals surface area contributed by atoms with Gasteiger partial charge in [0.05, 0.1) is 24.4 Å². The Labute approximate surface area is 123 Å². The van der Waals surface area contributed by atoms with Crippen molar-refractivity contribution in [2.45, 2.75) is 32.0 Å². The summed E-state index contributed by atoms with van der Waals surface area (Å²) in [6.45, 7) is 6.89. The highest BCUT2D eigenvalue weighted by molar-refractivity contribution is 9.10. The Morgan fingerprint density at radius 3 is 2.95 bits per heavy atom. The minimum Gasteiger partial charge on any atom is -0.374 e. The van der Waals surface area contributed by atoms with Crippen molar-refractivity contribution in [1.82, 2.24) is 15.2 Å². The van der Waals surface area contributed by atoms with E-state index in [9.17, 15) is 0 Å². The average molecular weight is 328 g/mol. The lowest BCUT2D eigenvalue weighted by molar-refractivity contribution is -0.0633. The molecule has 2 unspecified atom stereocenters. The molecule has 5 heteroatoms. The van der Waals surface area contributed by atoms with Crippen LogP contribution in [0.2, 0.25) is 0 Å². The summed E-state index contributed by atoms with van der Waals surface area (Å²) in [5, 5.41) is 3.46. The predicted octanol–water partition coefficient (Wildman–Crippen LogP) is 2.21. The molecule has 1 N–H and O–H groups in total. The number of nitrogens with one attached hydrogen (secondary N) is 1. The van der Waals surface area contributed by atoms with E-state index in [0.29, 0.717) is 6.04 Å². The van der Waals surface area contributed by atoms with Crippen LogP contribution in [0.5, 0.6) is 0 Å². The van der Waals surface area contributed by atoms with Crippen molar-refractivity contribution < 1.29 is 4.74 Å². The Bertz CT molecular complexity index is 396. The minimum absolute atomic E-state index is 0.148. The Balaban J connectivity index is 2.13. The molecule has 0 aliphatic carbocycles. The SMILES string of the molecule is CC(C)NCC1OCCN(C)C1c1ccc(Br)cn1. The monoisotopic (exact) mass is 327 g/mol. The normalized spacial score (nSPS) is 24.9. The second-order valence-electron chi connectivity index (χ2n) is 5.30. The number of halogens is 1. The second-order valence-corrected chi connectivity index (χ2v) is 6.21. The number of hydrogen-bond acceptors (Lipinski definition) is 4. The van der Waals surface area contributed by atoms with E-state index in [2.05, 4.69) is 58.1 Å². The molecular formula is C14H22BrN3O. The summed E-state index contributed by atoms with van der Waals surface area (Å²) in [5.74, 6) is 0. The molecule has 1 aliphatic heterocycles. The summed E-state index contributed by atoms with van der Waals surface area (Å²) in [7, 11) is 2.14. The Morgan fingerprint density at radius 1 is 1.53 bits per heavy atom. The maximum absolute atomic E-state index is 5.94. The first kappa shape index (κ1) is 14.9. The van der Waals surface area contributed by atoms with Gasteiger partial charge in [0, 0.05) is 29.8 Å². The number of pyridine rings is 1. The van der Waals surface area contributed by atoms with Crippen molar-refractivity contribution >= 4 is 15.9 Å². The molecule has 0 bridgehead atoms. The number of hydrogen-bond donors (Lipinski definition) is 1. The fourth-order valence-electron chi connectivity index (χ4n) is 2.36. The topological polar surface area (TPSA) is 37.4 Å². The van der Waals surface area contributed by atoms with Crippen LogP contribution in [0.3, 0.4) is 0 Å². The summed E-state index contributed by atoms with van der Waals surface area (Å²) in [5.41, 5.74) is 1.07. The zero-order valence-corrected chi connectivity index (χ0v) is 13.4. The van der Waals surface area contributed by atoms with E-state index in [-0.39, 0.29) is 12.1 Å². The number of morpholine rings is 1. The van der Waals surface area contributed by atoms with Crippen molar-refractivity contribution in [1.29, 1.82) is 0 Å². The number of rotatable bonds is 4. The van der Waals surface area contributed by atoms with Gasteiger partial charge in [-0.1, -0.05) is 13.8 Å². The molecule has 0 spiro atoms. The Kier molecular flexibility index (Phi) is 5.33. The van der Waals surface area contributed by atoms with Crippen LogP contribution in [0.25, 0.3) is 0 Å². The third kappa shape index (κ3) is 3.99. The highest BCUT2D eigenvalue weighted by Gasteiger charge is 2.32. The van der Waals surface area contributed by atoms with Crippen LogP contribution >= 0.6 is 15.9 Å². The van der Waals surface area contributed by atoms with Crippen LogP contribution in [0.15, 0.2) is 22.8 Å². The molecule has 2 atom stereocenters. The summed E-state index contributed by atoms with van der Waals surface area (Å²) in [4.78, 5) is 6.86. The van der Waals surface area contributed by atoms with E-state index in [1.807, 2.05) is 12.3 Å². The summed E-state index contributed by atoms with van der Waals surface area (Å²) in [6.07, 6.45) is 2.00. The van der Waals surface area contributed by atoms with Crippen LogP contribution in [-0.4, -0.2) is 48.8 Å².